The van der Waals surface area contributed by atoms with Gasteiger partial charge in [-0.1, -0.05) is 0 Å². The molecule has 1 aromatic carbocycles. The van der Waals surface area contributed by atoms with Crippen LogP contribution >= 0.6 is 11.3 Å². The van der Waals surface area contributed by atoms with Crippen LogP contribution in [0, 0.1) is 0 Å². The van der Waals surface area contributed by atoms with Crippen molar-refractivity contribution in [3.05, 3.63) is 70.5 Å². The van der Waals surface area contributed by atoms with Gasteiger partial charge in [-0.2, -0.15) is 11.3 Å². The molecule has 0 saturated carbocycles. The van der Waals surface area contributed by atoms with Gasteiger partial charge in [-0.3, -0.25) is 14.6 Å². The number of aromatic nitrogens is 1. The van der Waals surface area contributed by atoms with E-state index in [1.165, 1.54) is 6.92 Å². The second-order valence-corrected chi connectivity index (χ2v) is 5.81. The maximum atomic E-state index is 12.4. The summed E-state index contributed by atoms with van der Waals surface area (Å²) in [5.41, 5.74) is 3.57. The monoisotopic (exact) mass is 322 g/mol. The number of rotatable bonds is 4. The van der Waals surface area contributed by atoms with Gasteiger partial charge >= 0.3 is 0 Å². The lowest BCUT2D eigenvalue weighted by Crippen LogP contribution is -2.12. The van der Waals surface area contributed by atoms with Crippen molar-refractivity contribution >= 4 is 28.7 Å². The first-order chi connectivity index (χ1) is 11.1. The Morgan fingerprint density at radius 2 is 1.83 bits per heavy atom. The topological polar surface area (TPSA) is 59.1 Å². The molecule has 1 N–H and O–H groups in total. The number of nitrogens with zero attached hydrogens (tertiary/aromatic N) is 1. The fourth-order valence-electron chi connectivity index (χ4n) is 2.13. The molecule has 23 heavy (non-hydrogen) atoms. The minimum absolute atomic E-state index is 0.00239. The summed E-state index contributed by atoms with van der Waals surface area (Å²) in [7, 11) is 0. The average molecular weight is 322 g/mol. The van der Waals surface area contributed by atoms with Crippen molar-refractivity contribution < 1.29 is 9.59 Å². The molecule has 0 fully saturated rings. The number of nitrogens with one attached hydrogen (secondary N) is 1. The number of hydrogen-bond donors (Lipinski definition) is 1. The van der Waals surface area contributed by atoms with Gasteiger partial charge in [-0.15, -0.1) is 0 Å². The highest BCUT2D eigenvalue weighted by Gasteiger charge is 2.09. The second kappa shape index (κ2) is 6.54. The highest BCUT2D eigenvalue weighted by Crippen LogP contribution is 2.21. The predicted molar refractivity (Wildman–Crippen MR) is 91.9 cm³/mol. The van der Waals surface area contributed by atoms with Crippen molar-refractivity contribution in [1.82, 2.24) is 4.98 Å². The molecule has 0 unspecified atom stereocenters. The van der Waals surface area contributed by atoms with Crippen molar-refractivity contribution in [2.45, 2.75) is 6.92 Å². The second-order valence-electron chi connectivity index (χ2n) is 5.03. The molecule has 5 heteroatoms. The van der Waals surface area contributed by atoms with E-state index in [1.54, 1.807) is 53.9 Å². The molecule has 3 rings (SSSR count). The molecular formula is C18H14N2O2S. The third-order valence-electron chi connectivity index (χ3n) is 3.39. The molecule has 0 saturated heterocycles. The van der Waals surface area contributed by atoms with Gasteiger partial charge in [0.2, 0.25) is 0 Å². The standard InChI is InChI=1S/C18H14N2O2S/c1-12(21)13-2-4-16(5-3-13)20-18(22)14-6-8-19-17(10-14)15-7-9-23-11-15/h2-11H,1H3,(H,20,22). The van der Waals surface area contributed by atoms with Crippen LogP contribution in [0.4, 0.5) is 5.69 Å². The van der Waals surface area contributed by atoms with Crippen molar-refractivity contribution in [2.24, 2.45) is 0 Å². The SMILES string of the molecule is CC(=O)c1ccc(NC(=O)c2ccnc(-c3ccsc3)c2)cc1. The van der Waals surface area contributed by atoms with Crippen LogP contribution in [0.2, 0.25) is 0 Å². The Balaban J connectivity index is 1.78. The molecule has 2 aromatic heterocycles. The molecule has 114 valence electrons. The normalized spacial score (nSPS) is 10.3. The van der Waals surface area contributed by atoms with Crippen molar-refractivity contribution in [3.63, 3.8) is 0 Å². The number of carbonyl (C=O) groups excluding carboxylic acids is 2. The summed E-state index contributed by atoms with van der Waals surface area (Å²) in [5, 5.41) is 6.78. The Labute approximate surface area is 137 Å². The Hall–Kier alpha value is -2.79. The molecule has 0 radical (unpaired) electrons. The molecular weight excluding hydrogens is 308 g/mol. The van der Waals surface area contributed by atoms with Crippen molar-refractivity contribution in [1.29, 1.82) is 0 Å². The van der Waals surface area contributed by atoms with E-state index in [1.807, 2.05) is 16.8 Å². The number of carbonyl (C=O) groups is 2. The molecule has 2 heterocycles. The summed E-state index contributed by atoms with van der Waals surface area (Å²) in [6.45, 7) is 1.51. The van der Waals surface area contributed by atoms with Gasteiger partial charge in [-0.25, -0.2) is 0 Å². The third-order valence-corrected chi connectivity index (χ3v) is 4.07. The number of amides is 1. The van der Waals surface area contributed by atoms with Crippen LogP contribution in [0.3, 0.4) is 0 Å². The van der Waals surface area contributed by atoms with Crippen LogP contribution in [0.1, 0.15) is 27.6 Å². The van der Waals surface area contributed by atoms with Crippen molar-refractivity contribution in [3.8, 4) is 11.3 Å². The van der Waals surface area contributed by atoms with Crippen LogP contribution in [-0.4, -0.2) is 16.7 Å². The van der Waals surface area contributed by atoms with Crippen LogP contribution < -0.4 is 5.32 Å². The number of pyridine rings is 1. The number of benzene rings is 1. The Kier molecular flexibility index (Phi) is 4.30. The molecule has 0 aliphatic rings. The summed E-state index contributed by atoms with van der Waals surface area (Å²) >= 11 is 1.59. The third kappa shape index (κ3) is 3.52. The highest BCUT2D eigenvalue weighted by molar-refractivity contribution is 7.08. The van der Waals surface area contributed by atoms with E-state index in [-0.39, 0.29) is 11.7 Å². The Morgan fingerprint density at radius 3 is 2.48 bits per heavy atom. The van der Waals surface area contributed by atoms with E-state index in [2.05, 4.69) is 10.3 Å². The summed E-state index contributed by atoms with van der Waals surface area (Å²) in [6, 6.07) is 12.2. The van der Waals surface area contributed by atoms with E-state index >= 15 is 0 Å². The molecule has 3 aromatic rings. The molecule has 1 amide bonds. The van der Waals surface area contributed by atoms with E-state index in [0.717, 1.165) is 11.3 Å². The molecule has 0 atom stereocenters. The maximum Gasteiger partial charge on any atom is 0.255 e. The summed E-state index contributed by atoms with van der Waals surface area (Å²) < 4.78 is 0. The van der Waals surface area contributed by atoms with Gasteiger partial charge < -0.3 is 5.32 Å². The average Bonchev–Trinajstić information content (AvgIpc) is 3.10. The van der Waals surface area contributed by atoms with Gasteiger partial charge in [0.1, 0.15) is 0 Å². The Bertz CT molecular complexity index is 840. The Morgan fingerprint density at radius 1 is 1.04 bits per heavy atom. The number of Topliss-reactive ketones (excluding diaryl/α,β-unsaturated/α-hetero) is 1. The van der Waals surface area contributed by atoms with Gasteiger partial charge in [0.15, 0.2) is 5.78 Å². The fourth-order valence-corrected chi connectivity index (χ4v) is 2.78. The van der Waals surface area contributed by atoms with E-state index in [0.29, 0.717) is 16.8 Å². The number of hydrogen-bond acceptors (Lipinski definition) is 4. The molecule has 4 nitrogen and oxygen atoms in total. The largest absolute Gasteiger partial charge is 0.322 e. The number of ketones is 1. The molecule has 0 bridgehead atoms. The fraction of sp³-hybridized carbons (Fsp3) is 0.0556. The first-order valence-corrected chi connectivity index (χ1v) is 7.99. The molecule has 0 spiro atoms. The van der Waals surface area contributed by atoms with Crippen molar-refractivity contribution in [2.75, 3.05) is 5.32 Å². The zero-order valence-corrected chi connectivity index (χ0v) is 13.3. The smallest absolute Gasteiger partial charge is 0.255 e. The number of thiophene rings is 1. The predicted octanol–water partition coefficient (Wildman–Crippen LogP) is 4.27. The van der Waals surface area contributed by atoms with Crippen LogP contribution in [-0.2, 0) is 0 Å². The van der Waals surface area contributed by atoms with Gasteiger partial charge in [0, 0.05) is 34.0 Å². The lowest BCUT2D eigenvalue weighted by atomic mass is 10.1. The minimum Gasteiger partial charge on any atom is -0.322 e. The number of anilines is 1. The molecule has 0 aliphatic carbocycles. The van der Waals surface area contributed by atoms with Crippen LogP contribution in [0.15, 0.2) is 59.4 Å². The van der Waals surface area contributed by atoms with E-state index < -0.39 is 0 Å². The maximum absolute atomic E-state index is 12.4. The van der Waals surface area contributed by atoms with Gasteiger partial charge in [0.25, 0.3) is 5.91 Å². The van der Waals surface area contributed by atoms with Crippen LogP contribution in [0.25, 0.3) is 11.3 Å². The first kappa shape index (κ1) is 15.1. The lowest BCUT2D eigenvalue weighted by molar-refractivity contribution is 0.101. The van der Waals surface area contributed by atoms with Gasteiger partial charge in [0.05, 0.1) is 5.69 Å². The van der Waals surface area contributed by atoms with Gasteiger partial charge in [-0.05, 0) is 54.8 Å². The van der Waals surface area contributed by atoms with Crippen LogP contribution in [0.5, 0.6) is 0 Å². The zero-order chi connectivity index (χ0) is 16.2. The quantitative estimate of drug-likeness (QED) is 0.730. The minimum atomic E-state index is -0.209. The first-order valence-electron chi connectivity index (χ1n) is 7.04. The zero-order valence-electron chi connectivity index (χ0n) is 12.4. The summed E-state index contributed by atoms with van der Waals surface area (Å²) in [6.07, 6.45) is 1.63. The van der Waals surface area contributed by atoms with E-state index in [9.17, 15) is 9.59 Å². The van der Waals surface area contributed by atoms with E-state index in [4.69, 9.17) is 0 Å². The lowest BCUT2D eigenvalue weighted by Gasteiger charge is -2.07. The summed E-state index contributed by atoms with van der Waals surface area (Å²) in [4.78, 5) is 27.9. The summed E-state index contributed by atoms with van der Waals surface area (Å²) in [5.74, 6) is -0.211. The molecule has 0 aliphatic heterocycles. The highest BCUT2D eigenvalue weighted by atomic mass is 32.1.